The Morgan fingerprint density at radius 1 is 0.227 bits per heavy atom. The second kappa shape index (κ2) is 37.0. The predicted molar refractivity (Wildman–Crippen MR) is 522 cm³/mol. The molecule has 0 nitrogen and oxygen atoms in total. The predicted octanol–water partition coefficient (Wildman–Crippen LogP) is 35.9. The molecule has 5 aliphatic rings. The van der Waals surface area contributed by atoms with Gasteiger partial charge in [0, 0.05) is 27.1 Å². The van der Waals surface area contributed by atoms with Crippen LogP contribution in [0.4, 0.5) is 0 Å². The van der Waals surface area contributed by atoms with Crippen molar-refractivity contribution in [2.24, 2.45) is 59.2 Å². The number of rotatable bonds is 41. The molecule has 0 N–H and O–H groups in total. The van der Waals surface area contributed by atoms with Crippen molar-refractivity contribution < 1.29 is 0 Å². The maximum absolute atomic E-state index is 2.92. The Bertz CT molecular complexity index is 4980. The van der Waals surface area contributed by atoms with Crippen LogP contribution in [0, 0.1) is 66.1 Å². The topological polar surface area (TPSA) is 0 Å². The molecule has 0 saturated heterocycles. The molecule has 119 heavy (non-hydrogen) atoms. The first-order valence-electron chi connectivity index (χ1n) is 49.5. The number of hydrogen-bond donors (Lipinski definition) is 0. The van der Waals surface area contributed by atoms with E-state index >= 15 is 0 Å². The Balaban J connectivity index is 0.940. The van der Waals surface area contributed by atoms with E-state index in [0.717, 1.165) is 32.1 Å². The molecule has 0 heteroatoms. The first-order valence-corrected chi connectivity index (χ1v) is 49.5. The minimum absolute atomic E-state index is 0.0367. The van der Waals surface area contributed by atoms with Crippen LogP contribution < -0.4 is 0 Å². The molecular weight excluding hydrogens is 1430 g/mol. The lowest BCUT2D eigenvalue weighted by molar-refractivity contribution is 0.266. The minimum atomic E-state index is -0.163. The summed E-state index contributed by atoms with van der Waals surface area (Å²) in [6.45, 7) is 52.2. The summed E-state index contributed by atoms with van der Waals surface area (Å²) in [5, 5.41) is 0. The van der Waals surface area contributed by atoms with Crippen molar-refractivity contribution in [3.8, 4) is 77.9 Å². The highest BCUT2D eigenvalue weighted by atomic mass is 14.6. The molecule has 0 aliphatic heterocycles. The molecule has 9 aromatic rings. The van der Waals surface area contributed by atoms with Gasteiger partial charge in [-0.15, -0.1) is 0 Å². The van der Waals surface area contributed by atoms with Crippen LogP contribution in [0.5, 0.6) is 0 Å². The first-order chi connectivity index (χ1) is 57.5. The molecule has 10 atom stereocenters. The van der Waals surface area contributed by atoms with Crippen molar-refractivity contribution >= 4 is 12.2 Å². The van der Waals surface area contributed by atoms with Gasteiger partial charge in [0.1, 0.15) is 0 Å². The fourth-order valence-corrected chi connectivity index (χ4v) is 24.9. The zero-order valence-electron chi connectivity index (χ0n) is 78.6. The molecule has 0 spiro atoms. The summed E-state index contributed by atoms with van der Waals surface area (Å²) in [7, 11) is 0. The van der Waals surface area contributed by atoms with Crippen LogP contribution in [0.25, 0.3) is 90.0 Å². The number of aryl methyl sites for hydroxylation is 1. The highest BCUT2D eigenvalue weighted by Crippen LogP contribution is 2.67. The highest BCUT2D eigenvalue weighted by Gasteiger charge is 2.54. The van der Waals surface area contributed by atoms with Gasteiger partial charge in [-0.05, 0) is 323 Å². The molecule has 0 heterocycles. The summed E-state index contributed by atoms with van der Waals surface area (Å²) in [5.41, 5.74) is 39.9. The van der Waals surface area contributed by atoms with E-state index < -0.39 is 0 Å². The number of unbranched alkanes of at least 4 members (excludes halogenated alkanes) is 2. The second-order valence-electron chi connectivity index (χ2n) is 41.1. The monoisotopic (exact) mass is 1590 g/mol. The maximum Gasteiger partial charge on any atom is 0.0220 e. The van der Waals surface area contributed by atoms with E-state index in [1.54, 1.807) is 66.8 Å². The summed E-state index contributed by atoms with van der Waals surface area (Å²) in [5.74, 6) is 5.89. The van der Waals surface area contributed by atoms with Crippen molar-refractivity contribution in [2.75, 3.05) is 0 Å². The Labute approximate surface area is 726 Å². The van der Waals surface area contributed by atoms with Crippen LogP contribution >= 0.6 is 0 Å². The summed E-state index contributed by atoms with van der Waals surface area (Å²) < 4.78 is 0. The molecule has 0 aromatic heterocycles. The molecule has 10 unspecified atom stereocenters. The van der Waals surface area contributed by atoms with Crippen LogP contribution in [-0.4, -0.2) is 0 Å². The normalized spacial score (nSPS) is 21.8. The Morgan fingerprint density at radius 2 is 0.479 bits per heavy atom. The third-order valence-corrected chi connectivity index (χ3v) is 33.1. The van der Waals surface area contributed by atoms with Gasteiger partial charge in [0.25, 0.3) is 0 Å². The van der Waals surface area contributed by atoms with E-state index in [0.29, 0.717) is 59.2 Å². The van der Waals surface area contributed by atoms with Crippen molar-refractivity contribution in [3.05, 3.63) is 236 Å². The molecule has 632 valence electrons. The fourth-order valence-electron chi connectivity index (χ4n) is 24.9. The largest absolute Gasteiger partial charge is 0.0654 e. The van der Waals surface area contributed by atoms with Gasteiger partial charge in [-0.3, -0.25) is 0 Å². The van der Waals surface area contributed by atoms with Crippen molar-refractivity contribution in [3.63, 3.8) is 0 Å². The van der Waals surface area contributed by atoms with E-state index in [1.165, 1.54) is 225 Å². The van der Waals surface area contributed by atoms with E-state index in [4.69, 9.17) is 0 Å². The van der Waals surface area contributed by atoms with Gasteiger partial charge < -0.3 is 0 Å². The Kier molecular flexibility index (Phi) is 27.4. The fraction of sp³-hybridized carbons (Fsp3) is 0.529. The summed E-state index contributed by atoms with van der Waals surface area (Å²) >= 11 is 0. The average molecular weight is 1590 g/mol. The van der Waals surface area contributed by atoms with Gasteiger partial charge in [-0.25, -0.2) is 0 Å². The molecule has 0 radical (unpaired) electrons. The third-order valence-electron chi connectivity index (χ3n) is 33.1. The van der Waals surface area contributed by atoms with Crippen LogP contribution in [0.1, 0.15) is 384 Å². The summed E-state index contributed by atoms with van der Waals surface area (Å²) in [6.07, 6.45) is 37.2. The summed E-state index contributed by atoms with van der Waals surface area (Å²) in [4.78, 5) is 0. The Hall–Kier alpha value is -7.28. The number of hydrogen-bond acceptors (Lipinski definition) is 0. The third kappa shape index (κ3) is 16.3. The molecule has 9 aromatic carbocycles. The molecule has 0 amide bonds. The van der Waals surface area contributed by atoms with Crippen molar-refractivity contribution in [2.45, 2.75) is 346 Å². The first kappa shape index (κ1) is 88.0. The van der Waals surface area contributed by atoms with Gasteiger partial charge in [0.2, 0.25) is 0 Å². The zero-order chi connectivity index (χ0) is 84.5. The lowest BCUT2D eigenvalue weighted by Gasteiger charge is -2.39. The second-order valence-corrected chi connectivity index (χ2v) is 41.1. The maximum atomic E-state index is 2.92. The smallest absolute Gasteiger partial charge is 0.0220 e. The number of fused-ring (bicyclic) bond motifs is 15. The molecule has 0 saturated carbocycles. The van der Waals surface area contributed by atoms with Crippen LogP contribution in [-0.2, 0) is 27.1 Å². The quantitative estimate of drug-likeness (QED) is 0.0335. The Morgan fingerprint density at radius 3 is 0.815 bits per heavy atom. The molecule has 0 fully saturated rings. The standard InChI is InChI=1S/C119H156/c1-22-35-39-87(33-12)76-119(77-88(34-13)40-36-23-2)106-59-90(48-47-89-45-43-85(21)44-46-89)49-54-96(106)97-55-50-93(62-109(97)119)91-51-56-98-99-57-52-92(61-108(99)116(107(98)60-91,70-80(16)26-5)71-81(17)27-6)94-53-58-100-102-65-114-104(67-112(102)118(110(100)63-94,74-84(20)30-9)75-86(31-10)32-11)103-66-111-101(64-113(103)117(114,72-82(18)28-7)73-83(19)29-8)95-41-37-38-42-105(95)115(111,68-78(14)24-3)69-79(15)25-4/h37-38,41-67,78-84,86-88H,22-36,39-40,68-77H2,1-21H3. The van der Waals surface area contributed by atoms with Gasteiger partial charge in [0.05, 0.1) is 0 Å². The van der Waals surface area contributed by atoms with Gasteiger partial charge in [-0.1, -0.05) is 381 Å². The average Bonchev–Trinajstić information content (AvgIpc) is 1.51. The molecule has 0 bridgehead atoms. The lowest BCUT2D eigenvalue weighted by Crippen LogP contribution is -2.32. The SMILES string of the molecule is CCCCC(CC)CC1(CC(CC)CCCC)c2cc(C=Cc3ccc(C)cc3)ccc2-c2ccc(-c3ccc4c(c3)C(CC(C)CC)(CC(C)CC)c3cc(-c5ccc6c(c5)C(CC(C)CC)(CC(CC)CC)c5cc7c(cc5-6)C(CC(C)CC)(CC(C)CC)c5cc6c(cc5-7)C(CC(C)CC)(CC(C)CC)c5ccccc5-6)ccc3-4)cc21. The van der Waals surface area contributed by atoms with Gasteiger partial charge in [0.15, 0.2) is 0 Å². The van der Waals surface area contributed by atoms with E-state index in [9.17, 15) is 0 Å². The highest BCUT2D eigenvalue weighted by molar-refractivity contribution is 5.96. The van der Waals surface area contributed by atoms with Crippen molar-refractivity contribution in [1.29, 1.82) is 0 Å². The summed E-state index contributed by atoms with van der Waals surface area (Å²) in [6, 6.07) is 69.8. The minimum Gasteiger partial charge on any atom is -0.0654 e. The van der Waals surface area contributed by atoms with Crippen LogP contribution in [0.3, 0.4) is 0 Å². The van der Waals surface area contributed by atoms with Gasteiger partial charge in [-0.2, -0.15) is 0 Å². The molecule has 5 aliphatic carbocycles. The van der Waals surface area contributed by atoms with Crippen LogP contribution in [0.2, 0.25) is 0 Å². The molecule has 14 rings (SSSR count). The molecular formula is C119H156. The number of benzene rings is 9. The van der Waals surface area contributed by atoms with Crippen molar-refractivity contribution in [1.82, 2.24) is 0 Å². The lowest BCUT2D eigenvalue weighted by atomic mass is 9.64. The van der Waals surface area contributed by atoms with E-state index in [-0.39, 0.29) is 27.1 Å². The van der Waals surface area contributed by atoms with Crippen LogP contribution in [0.15, 0.2) is 164 Å². The van der Waals surface area contributed by atoms with Gasteiger partial charge >= 0.3 is 0 Å². The zero-order valence-corrected chi connectivity index (χ0v) is 78.6. The van der Waals surface area contributed by atoms with E-state index in [2.05, 4.69) is 321 Å². The van der Waals surface area contributed by atoms with E-state index in [1.807, 2.05) is 0 Å².